The molecule has 0 bridgehead atoms. The Morgan fingerprint density at radius 1 is 1.33 bits per heavy atom. The fourth-order valence-corrected chi connectivity index (χ4v) is 2.55. The predicted molar refractivity (Wildman–Crippen MR) is 79.3 cm³/mol. The molecule has 21 heavy (non-hydrogen) atoms. The molecule has 0 fully saturated rings. The first kappa shape index (κ1) is 13.7. The van der Waals surface area contributed by atoms with Crippen molar-refractivity contribution in [2.24, 2.45) is 0 Å². The molecule has 3 aromatic rings. The van der Waals surface area contributed by atoms with Gasteiger partial charge in [0.05, 0.1) is 6.33 Å². The third-order valence-corrected chi connectivity index (χ3v) is 3.58. The number of fused-ring (bicyclic) bond motifs is 2. The average Bonchev–Trinajstić information content (AvgIpc) is 3.10. The molecule has 0 unspecified atom stereocenters. The standard InChI is InChI=1S/C13H18N7O/c1-2-3-4-7-19-11-10(15-8-16-11)12(21)20-9(5-6-14)17-18-13(19)20/h8,14H,2-7H2,1H3,(H,15,16)/q-1. The summed E-state index contributed by atoms with van der Waals surface area (Å²) in [5.41, 5.74) is 8.22. The van der Waals surface area contributed by atoms with Gasteiger partial charge >= 0.3 is 0 Å². The van der Waals surface area contributed by atoms with Gasteiger partial charge in [0.1, 0.15) is 11.3 Å². The van der Waals surface area contributed by atoms with Crippen LogP contribution in [0.3, 0.4) is 0 Å². The summed E-state index contributed by atoms with van der Waals surface area (Å²) < 4.78 is 3.43. The molecule has 0 aromatic carbocycles. The topological polar surface area (TPSA) is 105 Å². The number of imidazole rings is 1. The maximum atomic E-state index is 12.5. The third kappa shape index (κ3) is 2.21. The first-order chi connectivity index (χ1) is 10.3. The molecule has 0 aliphatic rings. The Bertz CT molecular complexity index is 813. The Morgan fingerprint density at radius 3 is 2.95 bits per heavy atom. The largest absolute Gasteiger partial charge is 0.677 e. The Balaban J connectivity index is 2.23. The quantitative estimate of drug-likeness (QED) is 0.695. The van der Waals surface area contributed by atoms with E-state index >= 15 is 0 Å². The van der Waals surface area contributed by atoms with Crippen LogP contribution in [0.4, 0.5) is 0 Å². The van der Waals surface area contributed by atoms with Gasteiger partial charge in [-0.25, -0.2) is 9.38 Å². The second kappa shape index (κ2) is 5.65. The van der Waals surface area contributed by atoms with Crippen molar-refractivity contribution in [2.75, 3.05) is 6.54 Å². The van der Waals surface area contributed by atoms with Gasteiger partial charge in [0.15, 0.2) is 5.65 Å². The van der Waals surface area contributed by atoms with Crippen LogP contribution in [0.1, 0.15) is 32.0 Å². The SMILES string of the molecule is CCCCCn1c2nc[nH]c2c(=O)n2c(CC[NH-])nnc12. The van der Waals surface area contributed by atoms with Crippen molar-refractivity contribution in [3.05, 3.63) is 28.2 Å². The van der Waals surface area contributed by atoms with Crippen LogP contribution in [0, 0.1) is 0 Å². The molecular formula is C13H18N7O-. The van der Waals surface area contributed by atoms with Gasteiger partial charge in [-0.1, -0.05) is 19.8 Å². The molecule has 2 N–H and O–H groups in total. The van der Waals surface area contributed by atoms with Crippen molar-refractivity contribution in [2.45, 2.75) is 39.2 Å². The lowest BCUT2D eigenvalue weighted by atomic mass is 10.2. The highest BCUT2D eigenvalue weighted by Crippen LogP contribution is 2.12. The Kier molecular flexibility index (Phi) is 3.70. The number of aromatic amines is 1. The van der Waals surface area contributed by atoms with Gasteiger partial charge in [-0.2, -0.15) is 0 Å². The summed E-state index contributed by atoms with van der Waals surface area (Å²) in [5, 5.41) is 8.21. The van der Waals surface area contributed by atoms with Crippen molar-refractivity contribution in [1.29, 1.82) is 0 Å². The molecule has 3 aromatic heterocycles. The number of nitrogens with zero attached hydrogens (tertiary/aromatic N) is 5. The zero-order valence-electron chi connectivity index (χ0n) is 12.0. The molecule has 0 aliphatic carbocycles. The summed E-state index contributed by atoms with van der Waals surface area (Å²) in [7, 11) is 0. The van der Waals surface area contributed by atoms with Gasteiger partial charge in [0.25, 0.3) is 5.56 Å². The normalized spacial score (nSPS) is 11.7. The molecular weight excluding hydrogens is 270 g/mol. The fourth-order valence-electron chi connectivity index (χ4n) is 2.55. The predicted octanol–water partition coefficient (Wildman–Crippen LogP) is 1.55. The molecule has 0 saturated heterocycles. The molecule has 0 radical (unpaired) electrons. The van der Waals surface area contributed by atoms with E-state index in [1.807, 2.05) is 4.57 Å². The maximum absolute atomic E-state index is 12.5. The van der Waals surface area contributed by atoms with Crippen LogP contribution >= 0.6 is 0 Å². The molecule has 0 saturated carbocycles. The monoisotopic (exact) mass is 288 g/mol. The molecule has 8 nitrogen and oxygen atoms in total. The number of aromatic nitrogens is 6. The van der Waals surface area contributed by atoms with Crippen molar-refractivity contribution >= 4 is 16.9 Å². The lowest BCUT2D eigenvalue weighted by molar-refractivity contribution is 0.612. The van der Waals surface area contributed by atoms with Crippen molar-refractivity contribution < 1.29 is 0 Å². The summed E-state index contributed by atoms with van der Waals surface area (Å²) in [4.78, 5) is 19.7. The summed E-state index contributed by atoms with van der Waals surface area (Å²) >= 11 is 0. The Morgan fingerprint density at radius 2 is 2.19 bits per heavy atom. The molecule has 0 spiro atoms. The number of hydrogen-bond donors (Lipinski definition) is 1. The second-order valence-corrected chi connectivity index (χ2v) is 5.02. The van der Waals surface area contributed by atoms with E-state index in [0.29, 0.717) is 29.2 Å². The number of nitrogens with one attached hydrogen (secondary N) is 2. The minimum Gasteiger partial charge on any atom is -0.677 e. The Labute approximate surface area is 121 Å². The van der Waals surface area contributed by atoms with Crippen LogP contribution in [0.15, 0.2) is 11.1 Å². The fraction of sp³-hybridized carbons (Fsp3) is 0.538. The second-order valence-electron chi connectivity index (χ2n) is 5.02. The zero-order valence-corrected chi connectivity index (χ0v) is 12.0. The van der Waals surface area contributed by atoms with E-state index in [0.717, 1.165) is 25.8 Å². The molecule has 0 aliphatic heterocycles. The summed E-state index contributed by atoms with van der Waals surface area (Å²) in [6, 6.07) is 0. The molecule has 0 atom stereocenters. The zero-order chi connectivity index (χ0) is 14.8. The highest BCUT2D eigenvalue weighted by Gasteiger charge is 2.17. The smallest absolute Gasteiger partial charge is 0.286 e. The molecule has 3 rings (SSSR count). The highest BCUT2D eigenvalue weighted by molar-refractivity contribution is 5.72. The number of hydrogen-bond acceptors (Lipinski definition) is 4. The van der Waals surface area contributed by atoms with Crippen molar-refractivity contribution in [1.82, 2.24) is 29.1 Å². The minimum absolute atomic E-state index is 0.178. The van der Waals surface area contributed by atoms with E-state index in [9.17, 15) is 4.79 Å². The number of H-pyrrole nitrogens is 1. The van der Waals surface area contributed by atoms with Crippen LogP contribution in [-0.4, -0.2) is 35.7 Å². The minimum atomic E-state index is -0.197. The molecule has 8 heteroatoms. The van der Waals surface area contributed by atoms with Gasteiger partial charge in [-0.05, 0) is 12.8 Å². The Hall–Kier alpha value is -2.22. The number of aryl methyl sites for hydroxylation is 1. The van der Waals surface area contributed by atoms with E-state index in [1.165, 1.54) is 10.7 Å². The number of unbranched alkanes of at least 4 members (excludes halogenated alkanes) is 2. The molecule has 112 valence electrons. The van der Waals surface area contributed by atoms with E-state index in [2.05, 4.69) is 27.1 Å². The van der Waals surface area contributed by atoms with Gasteiger partial charge in [0, 0.05) is 6.54 Å². The highest BCUT2D eigenvalue weighted by atomic mass is 16.1. The van der Waals surface area contributed by atoms with Crippen LogP contribution in [0.2, 0.25) is 0 Å². The average molecular weight is 288 g/mol. The van der Waals surface area contributed by atoms with E-state index in [-0.39, 0.29) is 12.1 Å². The first-order valence-corrected chi connectivity index (χ1v) is 7.22. The van der Waals surface area contributed by atoms with Gasteiger partial charge in [-0.3, -0.25) is 9.36 Å². The lowest BCUT2D eigenvalue weighted by Crippen LogP contribution is -2.21. The van der Waals surface area contributed by atoms with Crippen molar-refractivity contribution in [3.8, 4) is 0 Å². The van der Waals surface area contributed by atoms with Gasteiger partial charge < -0.3 is 10.7 Å². The van der Waals surface area contributed by atoms with Gasteiger partial charge in [-0.15, -0.1) is 16.7 Å². The van der Waals surface area contributed by atoms with E-state index in [4.69, 9.17) is 5.73 Å². The van der Waals surface area contributed by atoms with Crippen LogP contribution in [-0.2, 0) is 13.0 Å². The van der Waals surface area contributed by atoms with E-state index < -0.39 is 0 Å². The summed E-state index contributed by atoms with van der Waals surface area (Å²) in [5.74, 6) is 1.05. The molecule has 0 amide bonds. The van der Waals surface area contributed by atoms with E-state index in [1.54, 1.807) is 0 Å². The summed E-state index contributed by atoms with van der Waals surface area (Å²) in [6.07, 6.45) is 5.16. The molecule has 3 heterocycles. The van der Waals surface area contributed by atoms with Crippen LogP contribution in [0.25, 0.3) is 22.7 Å². The van der Waals surface area contributed by atoms with Gasteiger partial charge in [0.2, 0.25) is 5.78 Å². The van der Waals surface area contributed by atoms with Crippen LogP contribution < -0.4 is 5.56 Å². The third-order valence-electron chi connectivity index (χ3n) is 3.58. The maximum Gasteiger partial charge on any atom is 0.286 e. The lowest BCUT2D eigenvalue weighted by Gasteiger charge is -2.09. The summed E-state index contributed by atoms with van der Waals surface area (Å²) in [6.45, 7) is 3.07. The first-order valence-electron chi connectivity index (χ1n) is 7.22. The number of rotatable bonds is 6. The van der Waals surface area contributed by atoms with Crippen molar-refractivity contribution in [3.63, 3.8) is 0 Å². The van der Waals surface area contributed by atoms with Crippen LogP contribution in [0.5, 0.6) is 0 Å².